The van der Waals surface area contributed by atoms with Crippen molar-refractivity contribution in [2.45, 2.75) is 45.3 Å². The maximum absolute atomic E-state index is 15.0. The lowest BCUT2D eigenvalue weighted by molar-refractivity contribution is 0.0695. The van der Waals surface area contributed by atoms with Gasteiger partial charge in [0.25, 0.3) is 0 Å². The van der Waals surface area contributed by atoms with Gasteiger partial charge in [-0.3, -0.25) is 4.79 Å². The number of nitrogens with zero attached hydrogens (tertiary/aromatic N) is 1. The van der Waals surface area contributed by atoms with E-state index < -0.39 is 28.6 Å². The summed E-state index contributed by atoms with van der Waals surface area (Å²) in [6.07, 6.45) is 2.71. The molecule has 0 amide bonds. The molecule has 0 spiro atoms. The number of hydrogen-bond acceptors (Lipinski definition) is 3. The van der Waals surface area contributed by atoms with Gasteiger partial charge in [-0.1, -0.05) is 13.8 Å². The largest absolute Gasteiger partial charge is 0.477 e. The predicted molar refractivity (Wildman–Crippen MR) is 92.6 cm³/mol. The lowest BCUT2D eigenvalue weighted by Gasteiger charge is -2.16. The van der Waals surface area contributed by atoms with E-state index in [4.69, 9.17) is 0 Å². The maximum atomic E-state index is 15.0. The van der Waals surface area contributed by atoms with Crippen LogP contribution >= 0.6 is 12.4 Å². The first kappa shape index (κ1) is 19.3. The Morgan fingerprint density at radius 3 is 2.56 bits per heavy atom. The molecule has 25 heavy (non-hydrogen) atoms. The Balaban J connectivity index is 0.00000225. The van der Waals surface area contributed by atoms with E-state index in [0.29, 0.717) is 0 Å². The topological polar surface area (TPSA) is 71.3 Å². The molecule has 2 N–H and O–H groups in total. The average Bonchev–Trinajstić information content (AvgIpc) is 3.32. The minimum atomic E-state index is -1.40. The molecule has 0 saturated heterocycles. The Hall–Kier alpha value is -1.99. The average molecular weight is 373 g/mol. The Labute approximate surface area is 149 Å². The van der Waals surface area contributed by atoms with Crippen molar-refractivity contribution in [3.63, 3.8) is 0 Å². The lowest BCUT2D eigenvalue weighted by atomic mass is 10.1. The number of carboxylic acids is 1. The number of hydrogen-bond donors (Lipinski definition) is 2. The van der Waals surface area contributed by atoms with Gasteiger partial charge in [0.1, 0.15) is 11.4 Å². The maximum Gasteiger partial charge on any atom is 0.341 e. The van der Waals surface area contributed by atoms with Crippen molar-refractivity contribution in [1.29, 1.82) is 0 Å². The molecule has 1 fully saturated rings. The second kappa shape index (κ2) is 7.09. The van der Waals surface area contributed by atoms with Crippen LogP contribution in [0.25, 0.3) is 10.9 Å². The molecule has 0 aliphatic heterocycles. The summed E-state index contributed by atoms with van der Waals surface area (Å²) < 4.78 is 30.7. The molecule has 136 valence electrons. The van der Waals surface area contributed by atoms with E-state index in [1.807, 2.05) is 13.8 Å². The number of fused-ring (bicyclic) bond motifs is 1. The van der Waals surface area contributed by atoms with E-state index in [0.717, 1.165) is 18.9 Å². The van der Waals surface area contributed by atoms with Crippen LogP contribution in [0.4, 0.5) is 8.78 Å². The summed E-state index contributed by atoms with van der Waals surface area (Å²) in [5.41, 5.74) is -1.50. The fourth-order valence-electron chi connectivity index (χ4n) is 2.74. The molecule has 1 heterocycles. The van der Waals surface area contributed by atoms with Gasteiger partial charge in [0.2, 0.25) is 5.43 Å². The Kier molecular flexibility index (Phi) is 5.49. The van der Waals surface area contributed by atoms with Crippen LogP contribution in [0.3, 0.4) is 0 Å². The summed E-state index contributed by atoms with van der Waals surface area (Å²) in [4.78, 5) is 23.6. The highest BCUT2D eigenvalue weighted by Gasteiger charge is 2.29. The van der Waals surface area contributed by atoms with Crippen LogP contribution in [-0.4, -0.2) is 21.7 Å². The molecule has 0 bridgehead atoms. The molecular weight excluding hydrogens is 354 g/mol. The van der Waals surface area contributed by atoms with E-state index in [9.17, 15) is 23.5 Å². The Bertz CT molecular complexity index is 892. The zero-order chi connectivity index (χ0) is 17.6. The summed E-state index contributed by atoms with van der Waals surface area (Å²) in [6, 6.07) is 0.931. The van der Waals surface area contributed by atoms with Crippen LogP contribution in [0.2, 0.25) is 0 Å². The number of carboxylic acid groups (broad SMARTS) is 1. The van der Waals surface area contributed by atoms with Crippen molar-refractivity contribution in [3.8, 4) is 0 Å². The Morgan fingerprint density at radius 2 is 2.04 bits per heavy atom. The second-order valence-corrected chi connectivity index (χ2v) is 6.40. The number of carbonyl (C=O) groups is 1. The zero-order valence-electron chi connectivity index (χ0n) is 13.8. The zero-order valence-corrected chi connectivity index (χ0v) is 14.6. The van der Waals surface area contributed by atoms with Gasteiger partial charge in [-0.25, -0.2) is 13.6 Å². The molecule has 0 unspecified atom stereocenters. The van der Waals surface area contributed by atoms with Crippen molar-refractivity contribution in [2.75, 3.05) is 0 Å². The van der Waals surface area contributed by atoms with Crippen molar-refractivity contribution < 1.29 is 18.7 Å². The van der Waals surface area contributed by atoms with Gasteiger partial charge >= 0.3 is 5.97 Å². The molecule has 1 aromatic carbocycles. The van der Waals surface area contributed by atoms with Gasteiger partial charge in [-0.15, -0.1) is 12.4 Å². The molecule has 5 nitrogen and oxygen atoms in total. The number of aromatic nitrogens is 1. The standard InChI is InChI=1S/C17H18F2N2O3.ClH/c1-8(2)20-6-11-13(18)5-10-15(14(11)19)21(9-3-4-9)7-12(16(10)22)17(23)24;/h5,7-9,20H,3-4,6H2,1-2H3,(H,23,24);1H. The molecule has 1 aliphatic carbocycles. The molecule has 0 atom stereocenters. The second-order valence-electron chi connectivity index (χ2n) is 6.40. The molecule has 8 heteroatoms. The minimum absolute atomic E-state index is 0. The monoisotopic (exact) mass is 372 g/mol. The molecule has 2 aromatic rings. The number of rotatable bonds is 5. The summed E-state index contributed by atoms with van der Waals surface area (Å²) in [5, 5.41) is 11.9. The quantitative estimate of drug-likeness (QED) is 0.845. The van der Waals surface area contributed by atoms with Crippen molar-refractivity contribution >= 4 is 29.3 Å². The van der Waals surface area contributed by atoms with Crippen LogP contribution in [0, 0.1) is 11.6 Å². The minimum Gasteiger partial charge on any atom is -0.477 e. The van der Waals surface area contributed by atoms with Crippen LogP contribution < -0.4 is 10.7 Å². The van der Waals surface area contributed by atoms with Crippen LogP contribution in [0.1, 0.15) is 48.7 Å². The third-order valence-electron chi connectivity index (χ3n) is 4.16. The van der Waals surface area contributed by atoms with Crippen LogP contribution in [0.15, 0.2) is 17.1 Å². The highest BCUT2D eigenvalue weighted by molar-refractivity contribution is 5.93. The SMILES string of the molecule is CC(C)NCc1c(F)cc2c(=O)c(C(=O)O)cn(C3CC3)c2c1F.Cl. The molecule has 1 aliphatic rings. The van der Waals surface area contributed by atoms with E-state index in [1.54, 1.807) is 0 Å². The molecule has 1 aromatic heterocycles. The fraction of sp³-hybridized carbons (Fsp3) is 0.412. The van der Waals surface area contributed by atoms with Gasteiger partial charge in [0.05, 0.1) is 10.9 Å². The third-order valence-corrected chi connectivity index (χ3v) is 4.16. The summed E-state index contributed by atoms with van der Waals surface area (Å²) in [7, 11) is 0. The number of aromatic carboxylic acids is 1. The van der Waals surface area contributed by atoms with E-state index in [1.165, 1.54) is 10.8 Å². The van der Waals surface area contributed by atoms with Gasteiger partial charge < -0.3 is 15.0 Å². The first-order chi connectivity index (χ1) is 11.3. The van der Waals surface area contributed by atoms with Crippen LogP contribution in [-0.2, 0) is 6.54 Å². The summed E-state index contributed by atoms with van der Waals surface area (Å²) >= 11 is 0. The fourth-order valence-corrected chi connectivity index (χ4v) is 2.74. The number of nitrogens with one attached hydrogen (secondary N) is 1. The van der Waals surface area contributed by atoms with Gasteiger partial charge in [0, 0.05) is 30.4 Å². The molecule has 0 radical (unpaired) electrons. The van der Waals surface area contributed by atoms with Gasteiger partial charge in [0.15, 0.2) is 5.82 Å². The van der Waals surface area contributed by atoms with E-state index in [2.05, 4.69) is 5.32 Å². The smallest absolute Gasteiger partial charge is 0.341 e. The third kappa shape index (κ3) is 3.52. The van der Waals surface area contributed by atoms with Crippen LogP contribution in [0.5, 0.6) is 0 Å². The van der Waals surface area contributed by atoms with Crippen molar-refractivity contribution in [2.24, 2.45) is 0 Å². The van der Waals surface area contributed by atoms with Crippen molar-refractivity contribution in [3.05, 3.63) is 45.2 Å². The highest BCUT2D eigenvalue weighted by atomic mass is 35.5. The number of pyridine rings is 1. The molecule has 3 rings (SSSR count). The molecule has 1 saturated carbocycles. The van der Waals surface area contributed by atoms with Gasteiger partial charge in [-0.2, -0.15) is 0 Å². The normalized spacial score (nSPS) is 14.0. The van der Waals surface area contributed by atoms with Crippen molar-refractivity contribution in [1.82, 2.24) is 9.88 Å². The lowest BCUT2D eigenvalue weighted by Crippen LogP contribution is -2.24. The van der Waals surface area contributed by atoms with Gasteiger partial charge in [-0.05, 0) is 18.9 Å². The first-order valence-electron chi connectivity index (χ1n) is 7.83. The Morgan fingerprint density at radius 1 is 1.40 bits per heavy atom. The molecular formula is C17H19ClF2N2O3. The summed E-state index contributed by atoms with van der Waals surface area (Å²) in [6.45, 7) is 3.71. The summed E-state index contributed by atoms with van der Waals surface area (Å²) in [5.74, 6) is -3.06. The predicted octanol–water partition coefficient (Wildman–Crippen LogP) is 3.23. The van der Waals surface area contributed by atoms with E-state index >= 15 is 0 Å². The number of halogens is 3. The number of benzene rings is 1. The highest BCUT2D eigenvalue weighted by Crippen LogP contribution is 2.38. The first-order valence-corrected chi connectivity index (χ1v) is 7.83. The van der Waals surface area contributed by atoms with E-state index in [-0.39, 0.29) is 47.5 Å².